The average molecular weight is 812 g/mol. The Morgan fingerprint density at radius 3 is 2.15 bits per heavy atom. The number of rotatable bonds is 8. The van der Waals surface area contributed by atoms with E-state index >= 15 is 14.4 Å². The molecule has 2 N–H and O–H groups in total. The summed E-state index contributed by atoms with van der Waals surface area (Å²) in [5, 5.41) is 20.2. The normalized spacial score (nSPS) is 25.1. The lowest BCUT2D eigenvalue weighted by Crippen LogP contribution is -2.56. The number of aliphatic hydroxyl groups excluding tert-OH is 1. The summed E-state index contributed by atoms with van der Waals surface area (Å²) in [6.45, 7) is 0.655. The lowest BCUT2D eigenvalue weighted by Gasteiger charge is -2.46. The molecule has 4 heterocycles. The van der Waals surface area contributed by atoms with Crippen LogP contribution in [-0.2, 0) is 34.0 Å². The van der Waals surface area contributed by atoms with Crippen LogP contribution >= 0.6 is 0 Å². The number of esters is 1. The van der Waals surface area contributed by atoms with Crippen molar-refractivity contribution in [1.29, 1.82) is 0 Å². The number of phenolic OH excluding ortho intramolecular Hbond substituents is 1. The summed E-state index contributed by atoms with van der Waals surface area (Å²) in [7, 11) is 1.47. The van der Waals surface area contributed by atoms with Gasteiger partial charge in [0.25, 0.3) is 0 Å². The van der Waals surface area contributed by atoms with Crippen molar-refractivity contribution in [2.24, 2.45) is 5.92 Å². The highest BCUT2D eigenvalue weighted by Crippen LogP contribution is 2.66. The molecule has 12 heteroatoms. The third kappa shape index (κ3) is 7.21. The van der Waals surface area contributed by atoms with Gasteiger partial charge in [-0.05, 0) is 65.4 Å². The first kappa shape index (κ1) is 40.8. The molecule has 0 radical (unpaired) electrons. The number of methoxy groups -OCH3 is 1. The molecule has 4 aliphatic rings. The van der Waals surface area contributed by atoms with Crippen molar-refractivity contribution in [3.05, 3.63) is 131 Å². The molecular weight excluding hydrogens is 763 g/mol. The smallest absolute Gasteiger partial charge is 0.421 e. The number of hydrogen-bond donors (Lipinski definition) is 2. The topological polar surface area (TPSA) is 146 Å². The number of phenols is 1. The van der Waals surface area contributed by atoms with Gasteiger partial charge in [-0.3, -0.25) is 19.3 Å². The van der Waals surface area contributed by atoms with Crippen LogP contribution in [0.3, 0.4) is 0 Å². The number of nitrogens with zero attached hydrogens (tertiary/aromatic N) is 3. The average Bonchev–Trinajstić information content (AvgIpc) is 3.70. The van der Waals surface area contributed by atoms with Crippen LogP contribution in [0.4, 0.5) is 10.5 Å². The van der Waals surface area contributed by atoms with Crippen molar-refractivity contribution < 1.29 is 43.6 Å². The van der Waals surface area contributed by atoms with Gasteiger partial charge in [0, 0.05) is 32.2 Å². The number of aromatic hydroxyl groups is 1. The molecule has 0 unspecified atom stereocenters. The Balaban J connectivity index is 1.46. The number of likely N-dealkylation sites (tertiary alicyclic amines) is 1. The summed E-state index contributed by atoms with van der Waals surface area (Å²) in [4.78, 5) is 66.4. The van der Waals surface area contributed by atoms with Gasteiger partial charge in [0.2, 0.25) is 11.8 Å². The van der Waals surface area contributed by atoms with Crippen LogP contribution in [0.2, 0.25) is 0 Å². The Bertz CT molecular complexity index is 2270. The fourth-order valence-corrected chi connectivity index (χ4v) is 9.76. The summed E-state index contributed by atoms with van der Waals surface area (Å²) >= 11 is 0. The third-order valence-corrected chi connectivity index (χ3v) is 12.3. The first-order chi connectivity index (χ1) is 29.3. The highest BCUT2D eigenvalue weighted by atomic mass is 16.6. The molecule has 4 aromatic rings. The largest absolute Gasteiger partial charge is 0.508 e. The zero-order valence-corrected chi connectivity index (χ0v) is 33.6. The van der Waals surface area contributed by atoms with Crippen molar-refractivity contribution in [2.45, 2.75) is 68.2 Å². The van der Waals surface area contributed by atoms with Crippen molar-refractivity contribution in [3.8, 4) is 17.6 Å². The van der Waals surface area contributed by atoms with Crippen LogP contribution in [0.1, 0.15) is 84.5 Å². The first-order valence-electron chi connectivity index (χ1n) is 20.7. The zero-order valence-electron chi connectivity index (χ0n) is 33.6. The van der Waals surface area contributed by atoms with Crippen LogP contribution in [0.25, 0.3) is 0 Å². The molecule has 60 heavy (non-hydrogen) atoms. The Labute approximate surface area is 349 Å². The van der Waals surface area contributed by atoms with Gasteiger partial charge in [0.15, 0.2) is 0 Å². The lowest BCUT2D eigenvalue weighted by molar-refractivity contribution is -0.179. The van der Waals surface area contributed by atoms with Gasteiger partial charge in [-0.1, -0.05) is 104 Å². The number of hydrogen-bond acceptors (Lipinski definition) is 10. The number of cyclic esters (lactones) is 1. The molecule has 0 bridgehead atoms. The van der Waals surface area contributed by atoms with E-state index in [4.69, 9.17) is 14.2 Å². The van der Waals surface area contributed by atoms with Crippen LogP contribution < -0.4 is 4.90 Å². The van der Waals surface area contributed by atoms with Gasteiger partial charge in [-0.15, -0.1) is 0 Å². The molecule has 4 aliphatic heterocycles. The number of amides is 3. The second kappa shape index (κ2) is 17.7. The second-order valence-corrected chi connectivity index (χ2v) is 15.7. The monoisotopic (exact) mass is 811 g/mol. The molecule has 6 atom stereocenters. The standard InChI is InChI=1S/C48H49N3O9/c1-58-29-30-59-47(57)50-38-25-20-32(15-11-14-28-52)31-37(38)48(46(50)56)39(44(54)49-26-12-3-2-4-13-27-49)41-45(55)60-42(34-18-9-6-10-19-34)40(33-16-7-5-8-17-33)51(41)43(48)35-21-23-36(53)24-22-35/h5-10,16-25,31,39-43,52-53H,2-4,12-14,26-30H2,1H3/t39-,40-,41-,42+,43+,48-/m1/s1. The molecule has 3 amide bonds. The van der Waals surface area contributed by atoms with Crippen LogP contribution in [0, 0.1) is 17.8 Å². The van der Waals surface area contributed by atoms with Crippen molar-refractivity contribution in [1.82, 2.24) is 9.80 Å². The number of carbonyl (C=O) groups excluding carboxylic acids is 4. The van der Waals surface area contributed by atoms with Crippen LogP contribution in [0.5, 0.6) is 5.75 Å². The minimum Gasteiger partial charge on any atom is -0.508 e. The summed E-state index contributed by atoms with van der Waals surface area (Å²) in [5.74, 6) is 2.87. The zero-order chi connectivity index (χ0) is 41.8. The SMILES string of the molecule is COCCOC(=O)N1C(=O)[C@@]2(c3cc(C#CCCO)ccc31)[C@H](c1ccc(O)cc1)N1[C@H](c3ccccc3)[C@H](c3ccccc3)OC(=O)[C@H]1[C@@H]2C(=O)N1CCCCCCC1. The molecule has 0 saturated carbocycles. The number of benzene rings is 4. The van der Waals surface area contributed by atoms with Crippen molar-refractivity contribution >= 4 is 29.6 Å². The Morgan fingerprint density at radius 2 is 1.48 bits per heavy atom. The summed E-state index contributed by atoms with van der Waals surface area (Å²) in [5.41, 5.74) is 1.12. The highest BCUT2D eigenvalue weighted by Gasteiger charge is 2.76. The summed E-state index contributed by atoms with van der Waals surface area (Å²) in [6, 6.07) is 27.4. The van der Waals surface area contributed by atoms with E-state index in [1.165, 1.54) is 19.2 Å². The quantitative estimate of drug-likeness (QED) is 0.117. The lowest BCUT2D eigenvalue weighted by atomic mass is 9.64. The Hall–Kier alpha value is -6.00. The molecular formula is C48H49N3O9. The van der Waals surface area contributed by atoms with E-state index in [0.717, 1.165) is 48.1 Å². The maximum absolute atomic E-state index is 16.2. The predicted octanol–water partition coefficient (Wildman–Crippen LogP) is 6.37. The number of ether oxygens (including phenoxy) is 3. The molecule has 8 rings (SSSR count). The van der Waals surface area contributed by atoms with E-state index in [9.17, 15) is 15.0 Å². The van der Waals surface area contributed by atoms with E-state index in [1.807, 2.05) is 65.6 Å². The number of imide groups is 1. The Morgan fingerprint density at radius 1 is 0.817 bits per heavy atom. The van der Waals surface area contributed by atoms with Gasteiger partial charge in [0.05, 0.1) is 36.9 Å². The second-order valence-electron chi connectivity index (χ2n) is 15.7. The predicted molar refractivity (Wildman–Crippen MR) is 221 cm³/mol. The number of carbonyl (C=O) groups is 4. The van der Waals surface area contributed by atoms with E-state index < -0.39 is 53.5 Å². The molecule has 0 aromatic heterocycles. The molecule has 1 spiro atoms. The summed E-state index contributed by atoms with van der Waals surface area (Å²) in [6.07, 6.45) is 2.79. The minimum atomic E-state index is -1.94. The number of aliphatic hydroxyl groups is 1. The fourth-order valence-electron chi connectivity index (χ4n) is 9.76. The maximum atomic E-state index is 16.2. The molecule has 0 aliphatic carbocycles. The summed E-state index contributed by atoms with van der Waals surface area (Å²) < 4.78 is 17.4. The maximum Gasteiger partial charge on any atom is 0.421 e. The minimum absolute atomic E-state index is 0.0154. The molecule has 4 aromatic carbocycles. The number of anilines is 1. The van der Waals surface area contributed by atoms with E-state index in [2.05, 4.69) is 11.8 Å². The van der Waals surface area contributed by atoms with Gasteiger partial charge < -0.3 is 29.3 Å². The molecule has 12 nitrogen and oxygen atoms in total. The van der Waals surface area contributed by atoms with Crippen LogP contribution in [-0.4, -0.2) is 90.0 Å². The van der Waals surface area contributed by atoms with Crippen LogP contribution in [0.15, 0.2) is 103 Å². The van der Waals surface area contributed by atoms with Gasteiger partial charge in [-0.2, -0.15) is 0 Å². The third-order valence-electron chi connectivity index (χ3n) is 12.3. The molecule has 3 saturated heterocycles. The molecule has 3 fully saturated rings. The van der Waals surface area contributed by atoms with Crippen molar-refractivity contribution in [2.75, 3.05) is 44.9 Å². The van der Waals surface area contributed by atoms with Gasteiger partial charge >= 0.3 is 12.1 Å². The first-order valence-corrected chi connectivity index (χ1v) is 20.7. The number of fused-ring (bicyclic) bond motifs is 3. The Kier molecular flexibility index (Phi) is 12.0. The van der Waals surface area contributed by atoms with E-state index in [-0.39, 0.29) is 43.6 Å². The highest BCUT2D eigenvalue weighted by molar-refractivity contribution is 6.23. The van der Waals surface area contributed by atoms with E-state index in [0.29, 0.717) is 29.8 Å². The van der Waals surface area contributed by atoms with Crippen molar-refractivity contribution in [3.63, 3.8) is 0 Å². The van der Waals surface area contributed by atoms with E-state index in [1.54, 1.807) is 35.2 Å². The fraction of sp³-hybridized carbons (Fsp3) is 0.375. The van der Waals surface area contributed by atoms with Gasteiger partial charge in [0.1, 0.15) is 29.9 Å². The van der Waals surface area contributed by atoms with Gasteiger partial charge in [-0.25, -0.2) is 9.69 Å². The number of morpholine rings is 1. The molecule has 310 valence electrons.